The first-order valence-corrected chi connectivity index (χ1v) is 9.54. The zero-order chi connectivity index (χ0) is 22.4. The summed E-state index contributed by atoms with van der Waals surface area (Å²) in [5.41, 5.74) is 9.44. The summed E-state index contributed by atoms with van der Waals surface area (Å²) >= 11 is 0. The van der Waals surface area contributed by atoms with E-state index in [1.54, 1.807) is 41.7 Å². The van der Waals surface area contributed by atoms with Crippen LogP contribution in [0.15, 0.2) is 65.4 Å². The lowest BCUT2D eigenvalue weighted by Gasteiger charge is -2.11. The number of anilines is 1. The highest BCUT2D eigenvalue weighted by Crippen LogP contribution is 2.22. The first-order valence-electron chi connectivity index (χ1n) is 9.54. The third kappa shape index (κ3) is 6.75. The molecule has 0 unspecified atom stereocenters. The second kappa shape index (κ2) is 9.52. The summed E-state index contributed by atoms with van der Waals surface area (Å²) in [6.45, 7) is 0. The molecule has 2 aromatic carbocycles. The fraction of sp³-hybridized carbons (Fsp3) is 0.238. The second-order valence-corrected chi connectivity index (χ2v) is 7.09. The van der Waals surface area contributed by atoms with Crippen LogP contribution in [0.4, 0.5) is 24.5 Å². The van der Waals surface area contributed by atoms with E-state index in [0.29, 0.717) is 16.9 Å². The van der Waals surface area contributed by atoms with E-state index in [4.69, 9.17) is 5.53 Å². The Morgan fingerprint density at radius 1 is 1.06 bits per heavy atom. The van der Waals surface area contributed by atoms with Crippen LogP contribution >= 0.6 is 0 Å². The van der Waals surface area contributed by atoms with Gasteiger partial charge in [0.05, 0.1) is 0 Å². The Labute approximate surface area is 176 Å². The molecule has 1 aliphatic carbocycles. The van der Waals surface area contributed by atoms with Crippen molar-refractivity contribution in [2.75, 3.05) is 5.32 Å². The van der Waals surface area contributed by atoms with Crippen LogP contribution in [0.2, 0.25) is 0 Å². The van der Waals surface area contributed by atoms with Crippen molar-refractivity contribution in [1.29, 1.82) is 5.53 Å². The van der Waals surface area contributed by atoms with E-state index in [1.807, 2.05) is 6.07 Å². The van der Waals surface area contributed by atoms with Gasteiger partial charge in [0.25, 0.3) is 5.91 Å². The monoisotopic (exact) mass is 432 g/mol. The van der Waals surface area contributed by atoms with Crippen molar-refractivity contribution in [1.82, 2.24) is 5.32 Å². The molecule has 7 nitrogen and oxygen atoms in total. The second-order valence-electron chi connectivity index (χ2n) is 7.09. The van der Waals surface area contributed by atoms with Gasteiger partial charge in [-0.1, -0.05) is 18.2 Å². The van der Waals surface area contributed by atoms with Crippen LogP contribution in [0.25, 0.3) is 5.70 Å². The van der Waals surface area contributed by atoms with E-state index < -0.39 is 24.4 Å². The van der Waals surface area contributed by atoms with E-state index in [9.17, 15) is 22.8 Å². The Bertz CT molecular complexity index is 984. The minimum atomic E-state index is -4.58. The maximum atomic E-state index is 12.6. The maximum Gasteiger partial charge on any atom is 0.397 e. The summed E-state index contributed by atoms with van der Waals surface area (Å²) in [7, 11) is 0. The van der Waals surface area contributed by atoms with Crippen molar-refractivity contribution in [2.45, 2.75) is 31.5 Å². The average Bonchev–Trinajstić information content (AvgIpc) is 3.52. The van der Waals surface area contributed by atoms with Gasteiger partial charge >= 0.3 is 6.18 Å². The molecule has 0 spiro atoms. The number of nitrogens with zero attached hydrogens (tertiary/aromatic N) is 1. The smallest absolute Gasteiger partial charge is 0.348 e. The molecule has 0 bridgehead atoms. The van der Waals surface area contributed by atoms with Crippen LogP contribution in [-0.4, -0.2) is 24.0 Å². The molecular formula is C21H21F3N5O2+. The predicted octanol–water partition coefficient (Wildman–Crippen LogP) is 3.45. The molecule has 1 fully saturated rings. The number of hydrogen-bond donors (Lipinski definition) is 4. The maximum absolute atomic E-state index is 12.6. The van der Waals surface area contributed by atoms with E-state index in [0.717, 1.165) is 12.8 Å². The van der Waals surface area contributed by atoms with Crippen molar-refractivity contribution >= 4 is 28.9 Å². The first kappa shape index (κ1) is 22.2. The number of benzene rings is 2. The number of carbonyl (C=O) groups is 2. The Morgan fingerprint density at radius 3 is 2.26 bits per heavy atom. The number of amides is 2. The van der Waals surface area contributed by atoms with Gasteiger partial charge in [-0.05, 0) is 37.1 Å². The largest absolute Gasteiger partial charge is 0.397 e. The molecule has 2 amide bonds. The number of hydrogen-bond acceptors (Lipinski definition) is 4. The molecule has 0 aromatic heterocycles. The predicted molar refractivity (Wildman–Crippen MR) is 107 cm³/mol. The van der Waals surface area contributed by atoms with E-state index in [1.165, 1.54) is 12.1 Å². The third-order valence-electron chi connectivity index (χ3n) is 4.45. The summed E-state index contributed by atoms with van der Waals surface area (Å²) in [5, 5.41) is 10.1. The van der Waals surface area contributed by atoms with Crippen LogP contribution in [0.5, 0.6) is 0 Å². The van der Waals surface area contributed by atoms with Crippen molar-refractivity contribution in [3.05, 3.63) is 65.9 Å². The molecule has 3 rings (SSSR count). The number of alkyl halides is 3. The third-order valence-corrected chi connectivity index (χ3v) is 4.45. The van der Waals surface area contributed by atoms with Crippen LogP contribution in [-0.2, 0) is 9.59 Å². The molecule has 0 atom stereocenters. The number of rotatable bonds is 8. The van der Waals surface area contributed by atoms with Gasteiger partial charge in [-0.2, -0.15) is 13.2 Å². The molecule has 0 aliphatic heterocycles. The van der Waals surface area contributed by atoms with E-state index in [-0.39, 0.29) is 17.4 Å². The first-order chi connectivity index (χ1) is 14.7. The molecule has 10 heteroatoms. The Balaban J connectivity index is 1.81. The fourth-order valence-electron chi connectivity index (χ4n) is 2.84. The molecule has 5 N–H and O–H groups in total. The molecule has 2 aromatic rings. The van der Waals surface area contributed by atoms with Gasteiger partial charge < -0.3 is 10.6 Å². The summed E-state index contributed by atoms with van der Waals surface area (Å²) < 4.78 is 36.9. The van der Waals surface area contributed by atoms with E-state index >= 15 is 0 Å². The van der Waals surface area contributed by atoms with E-state index in [2.05, 4.69) is 15.7 Å². The summed E-state index contributed by atoms with van der Waals surface area (Å²) in [4.78, 5) is 24.0. The molecule has 1 aliphatic rings. The Kier molecular flexibility index (Phi) is 6.81. The van der Waals surface area contributed by atoms with Gasteiger partial charge in [-0.3, -0.25) is 14.9 Å². The zero-order valence-corrected chi connectivity index (χ0v) is 16.4. The highest BCUT2D eigenvalue weighted by Gasteiger charge is 2.31. The molecule has 0 radical (unpaired) electrons. The van der Waals surface area contributed by atoms with Crippen molar-refractivity contribution < 1.29 is 28.1 Å². The number of nitrogens with one attached hydrogen (secondary N) is 3. The number of nitrogens with two attached hydrogens (primary N) is 1. The van der Waals surface area contributed by atoms with Gasteiger partial charge in [0, 0.05) is 29.4 Å². The Morgan fingerprint density at radius 2 is 1.71 bits per heavy atom. The van der Waals surface area contributed by atoms with Gasteiger partial charge in [0.1, 0.15) is 12.1 Å². The number of quaternary nitrogens is 1. The SMILES string of the molecule is N=N/C(C(=O)NC1CC1)=C(\[NH2+]c1ccc(NC(=O)CC(F)(F)F)cc1)c1ccccc1. The van der Waals surface area contributed by atoms with Gasteiger partial charge in [-0.15, -0.1) is 5.11 Å². The molecule has 1 saturated carbocycles. The van der Waals surface area contributed by atoms with Gasteiger partial charge in [0.2, 0.25) is 11.6 Å². The van der Waals surface area contributed by atoms with Crippen LogP contribution in [0.1, 0.15) is 24.8 Å². The van der Waals surface area contributed by atoms with Crippen LogP contribution in [0.3, 0.4) is 0 Å². The van der Waals surface area contributed by atoms with Gasteiger partial charge in [-0.25, -0.2) is 5.53 Å². The average molecular weight is 432 g/mol. The van der Waals surface area contributed by atoms with Crippen molar-refractivity contribution in [3.8, 4) is 0 Å². The minimum Gasteiger partial charge on any atom is -0.348 e. The van der Waals surface area contributed by atoms with Crippen LogP contribution in [0, 0.1) is 5.53 Å². The molecule has 31 heavy (non-hydrogen) atoms. The molecule has 0 heterocycles. The molecule has 162 valence electrons. The number of carbonyl (C=O) groups excluding carboxylic acids is 2. The van der Waals surface area contributed by atoms with Crippen molar-refractivity contribution in [2.24, 2.45) is 5.11 Å². The zero-order valence-electron chi connectivity index (χ0n) is 16.4. The minimum absolute atomic E-state index is 0.0411. The topological polar surface area (TPSA) is 111 Å². The highest BCUT2D eigenvalue weighted by molar-refractivity contribution is 5.99. The lowest BCUT2D eigenvalue weighted by atomic mass is 10.1. The van der Waals surface area contributed by atoms with Gasteiger partial charge in [0.15, 0.2) is 5.70 Å². The highest BCUT2D eigenvalue weighted by atomic mass is 19.4. The van der Waals surface area contributed by atoms with Crippen LogP contribution < -0.4 is 16.0 Å². The molecule has 0 saturated heterocycles. The van der Waals surface area contributed by atoms with Crippen molar-refractivity contribution in [3.63, 3.8) is 0 Å². The quantitative estimate of drug-likeness (QED) is 0.291. The molecular weight excluding hydrogens is 411 g/mol. The summed E-state index contributed by atoms with van der Waals surface area (Å²) in [6.07, 6.45) is -4.36. The lowest BCUT2D eigenvalue weighted by molar-refractivity contribution is -0.469. The summed E-state index contributed by atoms with van der Waals surface area (Å²) in [5.74, 6) is -1.59. The number of halogens is 3. The fourth-order valence-corrected chi connectivity index (χ4v) is 2.84. The standard InChI is InChI=1S/C21H20F3N5O2/c22-21(23,24)12-17(30)26-14-6-8-15(9-7-14)27-18(13-4-2-1-3-5-13)19(29-25)20(31)28-16-10-11-16/h1-9,16,25,27H,10-12H2,(H,26,30)(H,28,31)/p+1/b19-18-,29-25?. The normalized spacial score (nSPS) is 14.4. The lowest BCUT2D eigenvalue weighted by Crippen LogP contribution is -2.75. The summed E-state index contributed by atoms with van der Waals surface area (Å²) in [6, 6.07) is 15.2. The Hall–Kier alpha value is -3.53.